The first kappa shape index (κ1) is 19.1. The molecule has 4 atom stereocenters. The molecule has 1 fully saturated rings. The largest absolute Gasteiger partial charge is 0.481 e. The summed E-state index contributed by atoms with van der Waals surface area (Å²) in [7, 11) is -0.0280. The second-order valence-corrected chi connectivity index (χ2v) is 9.57. The number of carboxylic acid groups (broad SMARTS) is 2. The molecule has 0 aliphatic carbocycles. The number of hydrogen-bond donors (Lipinski definition) is 3. The van der Waals surface area contributed by atoms with Gasteiger partial charge in [0.1, 0.15) is 17.2 Å². The van der Waals surface area contributed by atoms with Crippen molar-refractivity contribution >= 4 is 40.5 Å². The maximum Gasteiger partial charge on any atom is 0.353 e. The fourth-order valence-electron chi connectivity index (χ4n) is 3.03. The number of β-lactam (4-membered cyclic amide) rings is 1. The van der Waals surface area contributed by atoms with Crippen LogP contribution in [0.3, 0.4) is 0 Å². The molecule has 0 aromatic carbocycles. The van der Waals surface area contributed by atoms with Crippen molar-refractivity contribution in [2.45, 2.75) is 31.9 Å². The van der Waals surface area contributed by atoms with Gasteiger partial charge < -0.3 is 20.2 Å². The van der Waals surface area contributed by atoms with Crippen LogP contribution >= 0.6 is 11.8 Å². The molecule has 2 heterocycles. The van der Waals surface area contributed by atoms with Crippen LogP contribution in [0.2, 0.25) is 0 Å². The molecule has 2 rings (SSSR count). The highest BCUT2D eigenvalue weighted by Crippen LogP contribution is 2.46. The Labute approximate surface area is 147 Å². The first-order valence-corrected chi connectivity index (χ1v) is 10.6. The van der Waals surface area contributed by atoms with Gasteiger partial charge in [0.05, 0.1) is 30.7 Å². The van der Waals surface area contributed by atoms with E-state index in [1.54, 1.807) is 6.92 Å². The highest BCUT2D eigenvalue weighted by atomic mass is 32.2. The van der Waals surface area contributed by atoms with E-state index >= 15 is 0 Å². The number of hydrogen-bond acceptors (Lipinski definition) is 5. The Morgan fingerprint density at radius 3 is 2.58 bits per heavy atom. The van der Waals surface area contributed by atoms with E-state index in [4.69, 9.17) is 5.11 Å². The quantitative estimate of drug-likeness (QED) is 0.393. The van der Waals surface area contributed by atoms with Crippen molar-refractivity contribution in [3.8, 4) is 0 Å². The van der Waals surface area contributed by atoms with Gasteiger partial charge in [0.25, 0.3) is 0 Å². The SMILES string of the molecule is C[C@@H](O)C1C(=O)N2C(C(=O)O)=C(SCC[S+](C)CCC(=O)O)CC12. The number of rotatable bonds is 9. The van der Waals surface area contributed by atoms with Gasteiger partial charge in [0.15, 0.2) is 0 Å². The van der Waals surface area contributed by atoms with Crippen molar-refractivity contribution < 1.29 is 29.7 Å². The van der Waals surface area contributed by atoms with E-state index in [0.717, 1.165) is 5.75 Å². The summed E-state index contributed by atoms with van der Waals surface area (Å²) in [5.74, 6) is -0.627. The average molecular weight is 376 g/mol. The summed E-state index contributed by atoms with van der Waals surface area (Å²) in [5.41, 5.74) is 0.0495. The highest BCUT2D eigenvalue weighted by Gasteiger charge is 2.56. The second kappa shape index (κ2) is 7.79. The van der Waals surface area contributed by atoms with Gasteiger partial charge >= 0.3 is 11.9 Å². The normalized spacial score (nSPS) is 25.3. The fraction of sp³-hybridized carbons (Fsp3) is 0.667. The van der Waals surface area contributed by atoms with E-state index in [1.807, 2.05) is 6.26 Å². The number of nitrogens with zero attached hydrogens (tertiary/aromatic N) is 1. The van der Waals surface area contributed by atoms with Crippen LogP contribution in [0.15, 0.2) is 10.6 Å². The lowest BCUT2D eigenvalue weighted by Gasteiger charge is -2.44. The highest BCUT2D eigenvalue weighted by molar-refractivity contribution is 8.04. The lowest BCUT2D eigenvalue weighted by atomic mass is 9.83. The van der Waals surface area contributed by atoms with Crippen LogP contribution in [0.25, 0.3) is 0 Å². The summed E-state index contributed by atoms with van der Waals surface area (Å²) in [6.45, 7) is 1.55. The van der Waals surface area contributed by atoms with Crippen molar-refractivity contribution in [2.24, 2.45) is 5.92 Å². The van der Waals surface area contributed by atoms with Gasteiger partial charge in [0.2, 0.25) is 5.91 Å². The van der Waals surface area contributed by atoms with Gasteiger partial charge in [0, 0.05) is 17.1 Å². The van der Waals surface area contributed by atoms with Gasteiger partial charge in [-0.3, -0.25) is 9.59 Å². The molecule has 0 bridgehead atoms. The molecule has 1 saturated heterocycles. The zero-order chi connectivity index (χ0) is 18.0. The summed E-state index contributed by atoms with van der Waals surface area (Å²) in [6.07, 6.45) is 1.84. The zero-order valence-electron chi connectivity index (χ0n) is 13.6. The fourth-order valence-corrected chi connectivity index (χ4v) is 6.09. The van der Waals surface area contributed by atoms with Gasteiger partial charge in [-0.25, -0.2) is 4.79 Å². The summed E-state index contributed by atoms with van der Waals surface area (Å²) < 4.78 is 0. The van der Waals surface area contributed by atoms with Crippen molar-refractivity contribution in [1.82, 2.24) is 4.90 Å². The van der Waals surface area contributed by atoms with E-state index < -0.39 is 24.0 Å². The molecule has 9 heteroatoms. The molecule has 24 heavy (non-hydrogen) atoms. The van der Waals surface area contributed by atoms with Crippen molar-refractivity contribution in [2.75, 3.05) is 23.5 Å². The van der Waals surface area contributed by atoms with Gasteiger partial charge in [-0.1, -0.05) is 0 Å². The van der Waals surface area contributed by atoms with Crippen LogP contribution in [0.5, 0.6) is 0 Å². The summed E-state index contributed by atoms with van der Waals surface area (Å²) in [6, 6.07) is -0.252. The molecular formula is C15H22NO6S2+. The number of aliphatic hydroxyl groups is 1. The Morgan fingerprint density at radius 1 is 1.38 bits per heavy atom. The Balaban J connectivity index is 1.93. The number of thioether (sulfide) groups is 1. The van der Waals surface area contributed by atoms with Crippen LogP contribution in [0.4, 0.5) is 0 Å². The smallest absolute Gasteiger partial charge is 0.353 e. The third kappa shape index (κ3) is 3.89. The number of fused-ring (bicyclic) bond motifs is 1. The Hall–Kier alpha value is -1.19. The monoisotopic (exact) mass is 376 g/mol. The van der Waals surface area contributed by atoms with E-state index in [1.165, 1.54) is 16.7 Å². The number of carbonyl (C=O) groups is 3. The third-order valence-corrected chi connectivity index (χ3v) is 7.44. The maximum absolute atomic E-state index is 12.1. The molecule has 0 saturated carbocycles. The lowest BCUT2D eigenvalue weighted by molar-refractivity contribution is -0.161. The number of aliphatic carboxylic acids is 2. The maximum atomic E-state index is 12.1. The molecule has 0 spiro atoms. The van der Waals surface area contributed by atoms with Crippen LogP contribution in [-0.4, -0.2) is 73.7 Å². The molecule has 2 aliphatic heterocycles. The minimum absolute atomic E-state index is 0.0280. The van der Waals surface area contributed by atoms with Gasteiger partial charge in [-0.2, -0.15) is 0 Å². The first-order valence-electron chi connectivity index (χ1n) is 7.65. The van der Waals surface area contributed by atoms with Crippen LogP contribution in [0, 0.1) is 5.92 Å². The van der Waals surface area contributed by atoms with Crippen molar-refractivity contribution in [1.29, 1.82) is 0 Å². The summed E-state index contributed by atoms with van der Waals surface area (Å²) in [5, 5.41) is 27.8. The average Bonchev–Trinajstić information content (AvgIpc) is 2.79. The van der Waals surface area contributed by atoms with Crippen molar-refractivity contribution in [3.63, 3.8) is 0 Å². The Bertz CT molecular complexity index is 576. The molecule has 1 amide bonds. The molecule has 2 aliphatic rings. The van der Waals surface area contributed by atoms with Crippen LogP contribution < -0.4 is 0 Å². The Kier molecular flexibility index (Phi) is 6.22. The molecule has 134 valence electrons. The van der Waals surface area contributed by atoms with Gasteiger partial charge in [-0.15, -0.1) is 11.8 Å². The second-order valence-electron chi connectivity index (χ2n) is 6.00. The Morgan fingerprint density at radius 2 is 2.04 bits per heavy atom. The predicted molar refractivity (Wildman–Crippen MR) is 92.8 cm³/mol. The molecule has 0 aromatic rings. The molecular weight excluding hydrogens is 354 g/mol. The van der Waals surface area contributed by atoms with Gasteiger partial charge in [-0.05, 0) is 17.8 Å². The van der Waals surface area contributed by atoms with E-state index in [9.17, 15) is 24.6 Å². The van der Waals surface area contributed by atoms with E-state index in [0.29, 0.717) is 22.8 Å². The van der Waals surface area contributed by atoms with E-state index in [-0.39, 0.29) is 35.0 Å². The molecule has 0 aromatic heterocycles. The molecule has 3 N–H and O–H groups in total. The zero-order valence-corrected chi connectivity index (χ0v) is 15.2. The predicted octanol–water partition coefficient (Wildman–Crippen LogP) is 0.350. The number of amides is 1. The molecule has 7 nitrogen and oxygen atoms in total. The number of aliphatic hydroxyl groups excluding tert-OH is 1. The van der Waals surface area contributed by atoms with E-state index in [2.05, 4.69) is 0 Å². The van der Waals surface area contributed by atoms with Crippen molar-refractivity contribution in [3.05, 3.63) is 10.6 Å². The lowest BCUT2D eigenvalue weighted by Crippen LogP contribution is -2.61. The number of carboxylic acids is 2. The standard InChI is InChI=1S/C15H21NO6S2/c1-8(17)12-9-7-10(13(15(21)22)16(9)14(12)20)23-4-6-24(2)5-3-11(18)19/h8-9,12,17H,3-7H2,1-2H3,(H-,18,19,21,22)/p+1/t8-,9?,12?,24?/m1/s1. The molecule has 3 unspecified atom stereocenters. The third-order valence-electron chi connectivity index (χ3n) is 4.26. The topological polar surface area (TPSA) is 115 Å². The number of carbonyl (C=O) groups excluding carboxylic acids is 1. The summed E-state index contributed by atoms with van der Waals surface area (Å²) in [4.78, 5) is 36.1. The van der Waals surface area contributed by atoms with Crippen LogP contribution in [-0.2, 0) is 25.3 Å². The summed E-state index contributed by atoms with van der Waals surface area (Å²) >= 11 is 1.43. The minimum Gasteiger partial charge on any atom is -0.481 e. The molecule has 0 radical (unpaired) electrons. The van der Waals surface area contributed by atoms with Crippen LogP contribution in [0.1, 0.15) is 19.8 Å². The first-order chi connectivity index (χ1) is 11.2. The minimum atomic E-state index is -1.11.